The minimum absolute atomic E-state index is 0.525. The second kappa shape index (κ2) is 4.17. The largest absolute Gasteiger partial charge is 0.296 e. The van der Waals surface area contributed by atoms with Gasteiger partial charge in [-0.3, -0.25) is 9.98 Å². The van der Waals surface area contributed by atoms with E-state index in [-0.39, 0.29) is 0 Å². The van der Waals surface area contributed by atoms with Gasteiger partial charge in [-0.2, -0.15) is 0 Å². The van der Waals surface area contributed by atoms with E-state index in [9.17, 15) is 0 Å². The molecule has 0 amide bonds. The van der Waals surface area contributed by atoms with Gasteiger partial charge in [0.2, 0.25) is 0 Å². The molecule has 2 nitrogen and oxygen atoms in total. The van der Waals surface area contributed by atoms with Crippen LogP contribution >= 0.6 is 0 Å². The van der Waals surface area contributed by atoms with Gasteiger partial charge in [0, 0.05) is 12.4 Å². The van der Waals surface area contributed by atoms with E-state index in [4.69, 9.17) is 0 Å². The summed E-state index contributed by atoms with van der Waals surface area (Å²) in [7, 11) is 0. The molecule has 0 fully saturated rings. The Morgan fingerprint density at radius 2 is 2.15 bits per heavy atom. The average molecular weight is 176 g/mol. The molecule has 0 atom stereocenters. The van der Waals surface area contributed by atoms with Crippen LogP contribution in [0.5, 0.6) is 0 Å². The molecule has 0 unspecified atom stereocenters. The zero-order valence-electron chi connectivity index (χ0n) is 8.54. The molecule has 0 aliphatic carbocycles. The minimum atomic E-state index is 0.525. The molecule has 1 aromatic rings. The Morgan fingerprint density at radius 1 is 1.46 bits per heavy atom. The maximum atomic E-state index is 4.20. The van der Waals surface area contributed by atoms with Gasteiger partial charge in [0.25, 0.3) is 0 Å². The number of nitrogens with zero attached hydrogens (tertiary/aromatic N) is 2. The second-order valence-corrected chi connectivity index (χ2v) is 3.55. The van der Waals surface area contributed by atoms with Crippen LogP contribution in [-0.2, 0) is 6.54 Å². The van der Waals surface area contributed by atoms with E-state index in [0.717, 1.165) is 0 Å². The van der Waals surface area contributed by atoms with Crippen LogP contribution < -0.4 is 0 Å². The molecular weight excluding hydrogens is 160 g/mol. The topological polar surface area (TPSA) is 25.2 Å². The molecule has 1 rings (SSSR count). The first-order chi connectivity index (χ1) is 6.16. The van der Waals surface area contributed by atoms with Crippen LogP contribution in [0.2, 0.25) is 0 Å². The van der Waals surface area contributed by atoms with Crippen LogP contribution in [0.4, 0.5) is 0 Å². The molecule has 0 saturated heterocycles. The fourth-order valence-corrected chi connectivity index (χ4v) is 1.45. The minimum Gasteiger partial charge on any atom is -0.296 e. The third-order valence-electron chi connectivity index (χ3n) is 2.26. The Morgan fingerprint density at radius 3 is 2.69 bits per heavy atom. The first-order valence-electron chi connectivity index (χ1n) is 4.52. The summed E-state index contributed by atoms with van der Waals surface area (Å²) in [6.07, 6.45) is 3.81. The van der Waals surface area contributed by atoms with Gasteiger partial charge in [0.15, 0.2) is 0 Å². The van der Waals surface area contributed by atoms with Crippen molar-refractivity contribution in [1.82, 2.24) is 4.98 Å². The maximum absolute atomic E-state index is 4.20. The lowest BCUT2D eigenvalue weighted by molar-refractivity contribution is 0.837. The molecule has 0 radical (unpaired) electrons. The highest BCUT2D eigenvalue weighted by Crippen LogP contribution is 2.20. The molecule has 0 saturated carbocycles. The van der Waals surface area contributed by atoms with Crippen molar-refractivity contribution >= 4 is 6.72 Å². The molecule has 0 aromatic carbocycles. The monoisotopic (exact) mass is 176 g/mol. The SMILES string of the molecule is C=NCc1cncc(C(C)C)c1C. The Kier molecular flexibility index (Phi) is 3.18. The highest BCUT2D eigenvalue weighted by molar-refractivity contribution is 5.34. The lowest BCUT2D eigenvalue weighted by atomic mass is 9.97. The van der Waals surface area contributed by atoms with Gasteiger partial charge in [-0.25, -0.2) is 0 Å². The van der Waals surface area contributed by atoms with Crippen LogP contribution in [0.3, 0.4) is 0 Å². The number of hydrogen-bond acceptors (Lipinski definition) is 2. The lowest BCUT2D eigenvalue weighted by Gasteiger charge is -2.11. The number of aromatic nitrogens is 1. The fourth-order valence-electron chi connectivity index (χ4n) is 1.45. The molecule has 1 heterocycles. The summed E-state index contributed by atoms with van der Waals surface area (Å²) in [6.45, 7) is 10.6. The van der Waals surface area contributed by atoms with Gasteiger partial charge in [-0.05, 0) is 36.2 Å². The Balaban J connectivity index is 3.10. The molecule has 13 heavy (non-hydrogen) atoms. The van der Waals surface area contributed by atoms with Gasteiger partial charge in [-0.15, -0.1) is 0 Å². The smallest absolute Gasteiger partial charge is 0.0650 e. The van der Waals surface area contributed by atoms with Gasteiger partial charge < -0.3 is 0 Å². The predicted octanol–water partition coefficient (Wildman–Crippen LogP) is 2.71. The zero-order valence-corrected chi connectivity index (χ0v) is 8.54. The van der Waals surface area contributed by atoms with E-state index in [2.05, 4.69) is 37.5 Å². The van der Waals surface area contributed by atoms with Crippen molar-refractivity contribution in [3.8, 4) is 0 Å². The first kappa shape index (κ1) is 9.90. The molecule has 70 valence electrons. The fraction of sp³-hybridized carbons (Fsp3) is 0.455. The number of hydrogen-bond donors (Lipinski definition) is 0. The van der Waals surface area contributed by atoms with E-state index in [1.165, 1.54) is 16.7 Å². The van der Waals surface area contributed by atoms with Crippen molar-refractivity contribution in [2.24, 2.45) is 4.99 Å². The highest BCUT2D eigenvalue weighted by Gasteiger charge is 2.06. The quantitative estimate of drug-likeness (QED) is 0.650. The van der Waals surface area contributed by atoms with E-state index < -0.39 is 0 Å². The van der Waals surface area contributed by atoms with Gasteiger partial charge in [0.05, 0.1) is 6.54 Å². The standard InChI is InChI=1S/C11H16N2/c1-8(2)11-7-13-6-10(5-12-4)9(11)3/h6-8H,4-5H2,1-3H3. The normalized spacial score (nSPS) is 10.5. The van der Waals surface area contributed by atoms with Crippen LogP contribution in [0.1, 0.15) is 36.5 Å². The van der Waals surface area contributed by atoms with Gasteiger partial charge in [-0.1, -0.05) is 13.8 Å². The maximum Gasteiger partial charge on any atom is 0.0650 e. The van der Waals surface area contributed by atoms with E-state index in [0.29, 0.717) is 12.5 Å². The van der Waals surface area contributed by atoms with Crippen LogP contribution in [0, 0.1) is 6.92 Å². The summed E-state index contributed by atoms with van der Waals surface area (Å²) < 4.78 is 0. The van der Waals surface area contributed by atoms with Crippen molar-refractivity contribution < 1.29 is 0 Å². The number of rotatable bonds is 3. The Hall–Kier alpha value is -1.18. The molecule has 0 aliphatic rings. The Labute approximate surface area is 79.7 Å². The molecule has 2 heteroatoms. The van der Waals surface area contributed by atoms with Crippen LogP contribution in [0.15, 0.2) is 17.4 Å². The summed E-state index contributed by atoms with van der Waals surface area (Å²) in [4.78, 5) is 8.07. The molecule has 0 bridgehead atoms. The van der Waals surface area contributed by atoms with E-state index >= 15 is 0 Å². The molecule has 0 aliphatic heterocycles. The predicted molar refractivity (Wildman–Crippen MR) is 56.3 cm³/mol. The van der Waals surface area contributed by atoms with Gasteiger partial charge >= 0.3 is 0 Å². The number of aliphatic imine (C=N–C) groups is 1. The zero-order chi connectivity index (χ0) is 9.84. The van der Waals surface area contributed by atoms with Crippen molar-refractivity contribution in [2.75, 3.05) is 0 Å². The second-order valence-electron chi connectivity index (χ2n) is 3.55. The molecule has 1 aromatic heterocycles. The summed E-state index contributed by atoms with van der Waals surface area (Å²) in [6, 6.07) is 0. The molecular formula is C11H16N2. The van der Waals surface area contributed by atoms with Crippen molar-refractivity contribution in [2.45, 2.75) is 33.2 Å². The summed E-state index contributed by atoms with van der Waals surface area (Å²) in [5, 5.41) is 0. The highest BCUT2D eigenvalue weighted by atomic mass is 14.7. The van der Waals surface area contributed by atoms with Crippen LogP contribution in [0.25, 0.3) is 0 Å². The summed E-state index contributed by atoms with van der Waals surface area (Å²) in [5.74, 6) is 0.525. The summed E-state index contributed by atoms with van der Waals surface area (Å²) in [5.41, 5.74) is 3.79. The molecule has 0 spiro atoms. The van der Waals surface area contributed by atoms with Crippen LogP contribution in [-0.4, -0.2) is 11.7 Å². The third kappa shape index (κ3) is 2.14. The first-order valence-corrected chi connectivity index (χ1v) is 4.52. The Bertz CT molecular complexity index is 303. The third-order valence-corrected chi connectivity index (χ3v) is 2.26. The van der Waals surface area contributed by atoms with Gasteiger partial charge in [0.1, 0.15) is 0 Å². The van der Waals surface area contributed by atoms with E-state index in [1.807, 2.05) is 12.4 Å². The molecule has 0 N–H and O–H groups in total. The van der Waals surface area contributed by atoms with Crippen molar-refractivity contribution in [3.63, 3.8) is 0 Å². The average Bonchev–Trinajstić information content (AvgIpc) is 2.08. The van der Waals surface area contributed by atoms with Crippen molar-refractivity contribution in [1.29, 1.82) is 0 Å². The summed E-state index contributed by atoms with van der Waals surface area (Å²) >= 11 is 0. The van der Waals surface area contributed by atoms with E-state index in [1.54, 1.807) is 0 Å². The lowest BCUT2D eigenvalue weighted by Crippen LogP contribution is -1.98. The van der Waals surface area contributed by atoms with Crippen molar-refractivity contribution in [3.05, 3.63) is 29.1 Å². The number of pyridine rings is 1.